The molecule has 0 aliphatic carbocycles. The molecule has 3 rings (SSSR count). The number of anilines is 1. The summed E-state index contributed by atoms with van der Waals surface area (Å²) in [7, 11) is -1.24. The number of nitrogens with zero attached hydrogens (tertiary/aromatic N) is 3. The van der Waals surface area contributed by atoms with Crippen LogP contribution in [0.3, 0.4) is 0 Å². The molecule has 2 atom stereocenters. The van der Waals surface area contributed by atoms with Crippen molar-refractivity contribution in [3.05, 3.63) is 16.8 Å². The number of hydrogen-bond donors (Lipinski definition) is 1. The molecule has 1 N–H and O–H groups in total. The Bertz CT molecular complexity index is 894. The molecule has 1 aromatic rings. The normalized spacial score (nSPS) is 23.8. The van der Waals surface area contributed by atoms with Crippen molar-refractivity contribution in [2.24, 2.45) is 0 Å². The zero-order chi connectivity index (χ0) is 20.5. The molecule has 0 aromatic carbocycles. The maximum atomic E-state index is 12.7. The van der Waals surface area contributed by atoms with Crippen LogP contribution in [-0.4, -0.2) is 67.6 Å². The summed E-state index contributed by atoms with van der Waals surface area (Å²) in [4.78, 5) is 14.4. The van der Waals surface area contributed by atoms with Gasteiger partial charge in [0.25, 0.3) is 0 Å². The Morgan fingerprint density at radius 3 is 2.71 bits per heavy atom. The molecular weight excluding hydrogens is 380 g/mol. The number of likely N-dealkylation sites (N-methyl/N-ethyl adjacent to an activating group) is 1. The van der Waals surface area contributed by atoms with Crippen LogP contribution in [0, 0.1) is 25.2 Å². The number of aromatic nitrogens is 1. The number of ether oxygens (including phenoxy) is 1. The molecule has 0 bridgehead atoms. The van der Waals surface area contributed by atoms with E-state index in [1.807, 2.05) is 18.4 Å². The number of nitrogens with one attached hydrogen (secondary N) is 1. The molecule has 3 heterocycles. The summed E-state index contributed by atoms with van der Waals surface area (Å²) >= 11 is 0. The van der Waals surface area contributed by atoms with Crippen LogP contribution in [-0.2, 0) is 25.9 Å². The third-order valence-corrected chi connectivity index (χ3v) is 7.58. The molecule has 9 heteroatoms. The second-order valence-corrected chi connectivity index (χ2v) is 10.0. The number of carbonyl (C=O) groups excluding carboxylic acids is 1. The smallest absolute Gasteiger partial charge is 0.239 e. The van der Waals surface area contributed by atoms with Crippen molar-refractivity contribution in [2.45, 2.75) is 51.8 Å². The summed E-state index contributed by atoms with van der Waals surface area (Å²) in [6, 6.07) is 2.06. The number of amides is 1. The van der Waals surface area contributed by atoms with Crippen LogP contribution in [0.1, 0.15) is 36.1 Å². The van der Waals surface area contributed by atoms with Crippen molar-refractivity contribution in [1.29, 1.82) is 5.26 Å². The highest BCUT2D eigenvalue weighted by Crippen LogP contribution is 2.28. The van der Waals surface area contributed by atoms with Crippen molar-refractivity contribution in [3.63, 3.8) is 0 Å². The Morgan fingerprint density at radius 1 is 1.39 bits per heavy atom. The summed E-state index contributed by atoms with van der Waals surface area (Å²) in [5, 5.41) is 12.5. The van der Waals surface area contributed by atoms with Gasteiger partial charge in [-0.05, 0) is 45.7 Å². The molecule has 2 fully saturated rings. The van der Waals surface area contributed by atoms with Crippen LogP contribution in [0.25, 0.3) is 0 Å². The van der Waals surface area contributed by atoms with Gasteiger partial charge in [0.15, 0.2) is 9.84 Å². The Labute approximate surface area is 166 Å². The predicted octanol–water partition coefficient (Wildman–Crippen LogP) is 1.21. The van der Waals surface area contributed by atoms with E-state index in [0.29, 0.717) is 24.3 Å². The van der Waals surface area contributed by atoms with Crippen LogP contribution >= 0.6 is 0 Å². The van der Waals surface area contributed by atoms with Crippen molar-refractivity contribution in [2.75, 3.05) is 37.0 Å². The molecule has 8 nitrogen and oxygen atoms in total. The maximum absolute atomic E-state index is 12.7. The van der Waals surface area contributed by atoms with Gasteiger partial charge in [-0.2, -0.15) is 5.26 Å². The highest BCUT2D eigenvalue weighted by molar-refractivity contribution is 7.91. The van der Waals surface area contributed by atoms with Crippen molar-refractivity contribution in [1.82, 2.24) is 9.47 Å². The van der Waals surface area contributed by atoms with Gasteiger partial charge in [0, 0.05) is 18.3 Å². The number of sulfone groups is 1. The fourth-order valence-corrected chi connectivity index (χ4v) is 5.81. The summed E-state index contributed by atoms with van der Waals surface area (Å²) in [6.45, 7) is 5.24. The van der Waals surface area contributed by atoms with Crippen LogP contribution in [0.5, 0.6) is 0 Å². The Morgan fingerprint density at radius 2 is 2.14 bits per heavy atom. The highest BCUT2D eigenvalue weighted by Gasteiger charge is 2.31. The molecule has 0 unspecified atom stereocenters. The average Bonchev–Trinajstić information content (AvgIpc) is 3.31. The van der Waals surface area contributed by atoms with Crippen LogP contribution in [0.2, 0.25) is 0 Å². The minimum absolute atomic E-state index is 0.0776. The molecule has 2 saturated heterocycles. The minimum Gasteiger partial charge on any atom is -0.376 e. The predicted molar refractivity (Wildman–Crippen MR) is 106 cm³/mol. The van der Waals surface area contributed by atoms with E-state index in [-0.39, 0.29) is 36.1 Å². The van der Waals surface area contributed by atoms with Crippen molar-refractivity contribution >= 4 is 21.6 Å². The van der Waals surface area contributed by atoms with Crippen molar-refractivity contribution < 1.29 is 17.9 Å². The molecule has 154 valence electrons. The average molecular weight is 409 g/mol. The van der Waals surface area contributed by atoms with E-state index in [9.17, 15) is 18.5 Å². The second kappa shape index (κ2) is 8.23. The van der Waals surface area contributed by atoms with Crippen LogP contribution in [0.4, 0.5) is 5.82 Å². The minimum atomic E-state index is -3.00. The Kier molecular flexibility index (Phi) is 6.12. The van der Waals surface area contributed by atoms with Gasteiger partial charge in [0.05, 0.1) is 36.3 Å². The lowest BCUT2D eigenvalue weighted by Gasteiger charge is -2.23. The standard InChI is InChI=1S/C19H28N4O4S/c1-13-14(2)23(10-16-5-4-7-27-16)19(17(13)9-20)21-18(24)11-22(3)15-6-8-28(25,26)12-15/h15-16H,4-8,10-12H2,1-3H3,(H,21,24)/t15-,16-/m0/s1. The van der Waals surface area contributed by atoms with Crippen molar-refractivity contribution in [3.8, 4) is 6.07 Å². The summed E-state index contributed by atoms with van der Waals surface area (Å²) < 4.78 is 31.0. The van der Waals surface area contributed by atoms with Gasteiger partial charge in [0.2, 0.25) is 5.91 Å². The number of nitriles is 1. The molecule has 2 aliphatic rings. The first kappa shape index (κ1) is 20.8. The lowest BCUT2D eigenvalue weighted by Crippen LogP contribution is -2.39. The van der Waals surface area contributed by atoms with Gasteiger partial charge in [0.1, 0.15) is 11.9 Å². The van der Waals surface area contributed by atoms with E-state index in [1.165, 1.54) is 0 Å². The third kappa shape index (κ3) is 4.40. The maximum Gasteiger partial charge on any atom is 0.239 e. The summed E-state index contributed by atoms with van der Waals surface area (Å²) in [6.07, 6.45) is 2.61. The number of hydrogen-bond acceptors (Lipinski definition) is 6. The van der Waals surface area contributed by atoms with Gasteiger partial charge in [-0.1, -0.05) is 0 Å². The van der Waals surface area contributed by atoms with Gasteiger partial charge >= 0.3 is 0 Å². The third-order valence-electron chi connectivity index (χ3n) is 5.83. The summed E-state index contributed by atoms with van der Waals surface area (Å²) in [5.41, 5.74) is 2.26. The van der Waals surface area contributed by atoms with Crippen LogP contribution < -0.4 is 5.32 Å². The highest BCUT2D eigenvalue weighted by atomic mass is 32.2. The molecule has 28 heavy (non-hydrogen) atoms. The van der Waals surface area contributed by atoms with E-state index >= 15 is 0 Å². The first-order valence-electron chi connectivity index (χ1n) is 9.63. The van der Waals surface area contributed by atoms with E-state index in [2.05, 4.69) is 11.4 Å². The van der Waals surface area contributed by atoms with Gasteiger partial charge < -0.3 is 14.6 Å². The Balaban J connectivity index is 1.74. The molecule has 0 saturated carbocycles. The zero-order valence-electron chi connectivity index (χ0n) is 16.7. The first-order chi connectivity index (χ1) is 13.2. The molecule has 2 aliphatic heterocycles. The van der Waals surface area contributed by atoms with Gasteiger partial charge in [-0.3, -0.25) is 9.69 Å². The fraction of sp³-hybridized carbons (Fsp3) is 0.684. The topological polar surface area (TPSA) is 104 Å². The van der Waals surface area contributed by atoms with E-state index in [4.69, 9.17) is 4.74 Å². The Hall–Kier alpha value is -1.89. The first-order valence-corrected chi connectivity index (χ1v) is 11.5. The number of rotatable bonds is 6. The molecule has 0 spiro atoms. The van der Waals surface area contributed by atoms with Crippen LogP contribution in [0.15, 0.2) is 0 Å². The summed E-state index contributed by atoms with van der Waals surface area (Å²) in [5.74, 6) is 0.512. The van der Waals surface area contributed by atoms with Gasteiger partial charge in [-0.25, -0.2) is 8.42 Å². The molecular formula is C19H28N4O4S. The lowest BCUT2D eigenvalue weighted by atomic mass is 10.2. The quantitative estimate of drug-likeness (QED) is 0.759. The van der Waals surface area contributed by atoms with E-state index in [1.54, 1.807) is 11.9 Å². The monoisotopic (exact) mass is 408 g/mol. The molecule has 0 radical (unpaired) electrons. The fourth-order valence-electron chi connectivity index (χ4n) is 4.00. The largest absolute Gasteiger partial charge is 0.376 e. The van der Waals surface area contributed by atoms with E-state index in [0.717, 1.165) is 30.7 Å². The molecule has 1 aromatic heterocycles. The lowest BCUT2D eigenvalue weighted by molar-refractivity contribution is -0.117. The second-order valence-electron chi connectivity index (χ2n) is 7.81. The van der Waals surface area contributed by atoms with Gasteiger partial charge in [-0.15, -0.1) is 0 Å². The van der Waals surface area contributed by atoms with E-state index < -0.39 is 9.84 Å². The zero-order valence-corrected chi connectivity index (χ0v) is 17.5. The molecule has 1 amide bonds. The SMILES string of the molecule is Cc1c(C#N)c(NC(=O)CN(C)[C@H]2CCS(=O)(=O)C2)n(C[C@@H]2CCCO2)c1C. The number of carbonyl (C=O) groups is 1.